The lowest BCUT2D eigenvalue weighted by Crippen LogP contribution is -2.31. The highest BCUT2D eigenvalue weighted by atomic mass is 16.4. The van der Waals surface area contributed by atoms with Gasteiger partial charge in [0.05, 0.1) is 6.10 Å². The highest BCUT2D eigenvalue weighted by Gasteiger charge is 2.09. The normalized spacial score (nSPS) is 15.9. The third kappa shape index (κ3) is 5.82. The molecule has 0 aliphatic heterocycles. The lowest BCUT2D eigenvalue weighted by Gasteiger charge is -2.12. The van der Waals surface area contributed by atoms with Crippen molar-refractivity contribution in [3.63, 3.8) is 0 Å². The van der Waals surface area contributed by atoms with Crippen LogP contribution in [-0.4, -0.2) is 28.3 Å². The first-order chi connectivity index (χ1) is 5.04. The molecule has 0 aliphatic rings. The summed E-state index contributed by atoms with van der Waals surface area (Å²) in [6, 6.07) is -0.274. The van der Waals surface area contributed by atoms with E-state index in [0.717, 1.165) is 0 Å². The highest BCUT2D eigenvalue weighted by Crippen LogP contribution is 2.02. The van der Waals surface area contributed by atoms with Crippen molar-refractivity contribution < 1.29 is 15.0 Å². The molecule has 4 nitrogen and oxygen atoms in total. The van der Waals surface area contributed by atoms with E-state index in [1.807, 2.05) is 0 Å². The number of hydrogen-bond donors (Lipinski definition) is 3. The molecule has 0 unspecified atom stereocenters. The quantitative estimate of drug-likeness (QED) is 0.528. The first kappa shape index (κ1) is 10.4. The number of rotatable bonds is 5. The van der Waals surface area contributed by atoms with Gasteiger partial charge in [0, 0.05) is 12.5 Å². The molecule has 11 heavy (non-hydrogen) atoms. The molecule has 4 N–H and O–H groups in total. The van der Waals surface area contributed by atoms with Gasteiger partial charge in [-0.15, -0.1) is 0 Å². The van der Waals surface area contributed by atoms with Crippen LogP contribution in [-0.2, 0) is 4.79 Å². The fourth-order valence-corrected chi connectivity index (χ4v) is 0.725. The highest BCUT2D eigenvalue weighted by molar-refractivity contribution is 5.66. The number of nitrogens with two attached hydrogens (primary N) is 1. The van der Waals surface area contributed by atoms with Crippen LogP contribution in [0.5, 0.6) is 0 Å². The number of aliphatic hydroxyl groups is 1. The number of carbonyl (C=O) groups is 1. The number of aliphatic hydroxyl groups excluding tert-OH is 1. The molecular formula is C7H15NO3. The number of aliphatic carboxylic acids is 1. The van der Waals surface area contributed by atoms with E-state index in [2.05, 4.69) is 0 Å². The number of carboxylic acid groups (broad SMARTS) is 1. The van der Waals surface area contributed by atoms with Gasteiger partial charge in [0.2, 0.25) is 0 Å². The van der Waals surface area contributed by atoms with Gasteiger partial charge < -0.3 is 15.9 Å². The van der Waals surface area contributed by atoms with Crippen LogP contribution in [0.1, 0.15) is 26.2 Å². The summed E-state index contributed by atoms with van der Waals surface area (Å²) >= 11 is 0. The molecule has 4 heteroatoms. The Kier molecular flexibility index (Phi) is 4.81. The molecule has 0 saturated carbocycles. The largest absolute Gasteiger partial charge is 0.481 e. The van der Waals surface area contributed by atoms with Crippen LogP contribution in [0.2, 0.25) is 0 Å². The predicted octanol–water partition coefficient (Wildman–Crippen LogP) is -0.0506. The molecular weight excluding hydrogens is 146 g/mol. The first-order valence-electron chi connectivity index (χ1n) is 3.69. The summed E-state index contributed by atoms with van der Waals surface area (Å²) in [4.78, 5) is 10.0. The summed E-state index contributed by atoms with van der Waals surface area (Å²) in [6.07, 6.45) is 0.473. The van der Waals surface area contributed by atoms with E-state index in [4.69, 9.17) is 15.9 Å². The van der Waals surface area contributed by atoms with E-state index in [1.165, 1.54) is 0 Å². The van der Waals surface area contributed by atoms with Crippen LogP contribution in [0.4, 0.5) is 0 Å². The second-order valence-corrected chi connectivity index (χ2v) is 2.71. The molecule has 0 radical (unpaired) electrons. The summed E-state index contributed by atoms with van der Waals surface area (Å²) in [6.45, 7) is 1.70. The van der Waals surface area contributed by atoms with Gasteiger partial charge in [0.25, 0.3) is 0 Å². The van der Waals surface area contributed by atoms with Crippen molar-refractivity contribution in [1.29, 1.82) is 0 Å². The molecule has 0 spiro atoms. The zero-order valence-electron chi connectivity index (χ0n) is 6.66. The number of hydrogen-bond acceptors (Lipinski definition) is 3. The van der Waals surface area contributed by atoms with Crippen LogP contribution >= 0.6 is 0 Å². The summed E-state index contributed by atoms with van der Waals surface area (Å²) in [5, 5.41) is 17.4. The molecule has 0 bridgehead atoms. The Morgan fingerprint density at radius 2 is 2.18 bits per heavy atom. The number of carboxylic acids is 1. The third-order valence-electron chi connectivity index (χ3n) is 1.50. The molecule has 66 valence electrons. The first-order valence-corrected chi connectivity index (χ1v) is 3.69. The van der Waals surface area contributed by atoms with Crippen LogP contribution in [0, 0.1) is 0 Å². The van der Waals surface area contributed by atoms with Gasteiger partial charge in [-0.1, -0.05) is 0 Å². The smallest absolute Gasteiger partial charge is 0.303 e. The van der Waals surface area contributed by atoms with E-state index >= 15 is 0 Å². The molecule has 0 saturated heterocycles. The molecule has 0 aromatic rings. The maximum atomic E-state index is 10.0. The van der Waals surface area contributed by atoms with Gasteiger partial charge in [-0.2, -0.15) is 0 Å². The van der Waals surface area contributed by atoms with Crippen molar-refractivity contribution >= 4 is 5.97 Å². The predicted molar refractivity (Wildman–Crippen MR) is 41.1 cm³/mol. The molecule has 0 aromatic heterocycles. The van der Waals surface area contributed by atoms with Gasteiger partial charge in [0.15, 0.2) is 0 Å². The van der Waals surface area contributed by atoms with Crippen LogP contribution < -0.4 is 5.73 Å². The maximum Gasteiger partial charge on any atom is 0.303 e. The second-order valence-electron chi connectivity index (χ2n) is 2.71. The molecule has 0 amide bonds. The summed E-state index contributed by atoms with van der Waals surface area (Å²) in [5.74, 6) is -0.832. The Balaban J connectivity index is 3.31. The van der Waals surface area contributed by atoms with E-state index in [1.54, 1.807) is 6.92 Å². The fraction of sp³-hybridized carbons (Fsp3) is 0.857. The Morgan fingerprint density at radius 3 is 2.55 bits per heavy atom. The minimum atomic E-state index is -0.832. The molecule has 0 heterocycles. The zero-order chi connectivity index (χ0) is 8.85. The van der Waals surface area contributed by atoms with E-state index in [0.29, 0.717) is 12.8 Å². The molecule has 0 aromatic carbocycles. The minimum absolute atomic E-state index is 0.101. The Hall–Kier alpha value is -0.610. The molecule has 0 aliphatic carbocycles. The fourth-order valence-electron chi connectivity index (χ4n) is 0.725. The monoisotopic (exact) mass is 161 g/mol. The van der Waals surface area contributed by atoms with Gasteiger partial charge >= 0.3 is 5.97 Å². The van der Waals surface area contributed by atoms with Crippen LogP contribution in [0.3, 0.4) is 0 Å². The van der Waals surface area contributed by atoms with Crippen molar-refractivity contribution in [2.45, 2.75) is 38.3 Å². The van der Waals surface area contributed by atoms with E-state index in [-0.39, 0.29) is 12.5 Å². The van der Waals surface area contributed by atoms with Crippen molar-refractivity contribution in [2.75, 3.05) is 0 Å². The Labute approximate surface area is 66.0 Å². The molecule has 0 rings (SSSR count). The topological polar surface area (TPSA) is 83.5 Å². The van der Waals surface area contributed by atoms with Crippen molar-refractivity contribution in [1.82, 2.24) is 0 Å². The van der Waals surface area contributed by atoms with E-state index in [9.17, 15) is 4.79 Å². The van der Waals surface area contributed by atoms with Crippen molar-refractivity contribution in [2.24, 2.45) is 5.73 Å². The molecule has 0 fully saturated rings. The lowest BCUT2D eigenvalue weighted by atomic mass is 10.1. The average molecular weight is 161 g/mol. The minimum Gasteiger partial charge on any atom is -0.481 e. The van der Waals surface area contributed by atoms with Gasteiger partial charge in [0.1, 0.15) is 0 Å². The summed E-state index contributed by atoms with van der Waals surface area (Å²) < 4.78 is 0. The second kappa shape index (κ2) is 5.09. The Bertz CT molecular complexity index is 125. The van der Waals surface area contributed by atoms with Gasteiger partial charge in [-0.25, -0.2) is 0 Å². The zero-order valence-corrected chi connectivity index (χ0v) is 6.66. The maximum absolute atomic E-state index is 10.0. The average Bonchev–Trinajstić information content (AvgIpc) is 1.86. The third-order valence-corrected chi connectivity index (χ3v) is 1.50. The Morgan fingerprint density at radius 1 is 1.64 bits per heavy atom. The van der Waals surface area contributed by atoms with Crippen LogP contribution in [0.25, 0.3) is 0 Å². The lowest BCUT2D eigenvalue weighted by molar-refractivity contribution is -0.137. The van der Waals surface area contributed by atoms with E-state index < -0.39 is 12.1 Å². The summed E-state index contributed by atoms with van der Waals surface area (Å²) in [5.41, 5.74) is 5.36. The van der Waals surface area contributed by atoms with Gasteiger partial charge in [-0.3, -0.25) is 4.79 Å². The summed E-state index contributed by atoms with van der Waals surface area (Å²) in [7, 11) is 0. The van der Waals surface area contributed by atoms with Crippen molar-refractivity contribution in [3.8, 4) is 0 Å². The van der Waals surface area contributed by atoms with Gasteiger partial charge in [-0.05, 0) is 19.8 Å². The molecule has 2 atom stereocenters. The van der Waals surface area contributed by atoms with Crippen molar-refractivity contribution in [3.05, 3.63) is 0 Å². The standard InChI is InChI=1S/C7H15NO3/c1-5(8)6(9)3-2-4-7(10)11/h5-6,9H,2-4,8H2,1H3,(H,10,11)/t5-,6+/m1/s1. The SMILES string of the molecule is C[C@@H](N)[C@@H](O)CCCC(=O)O. The van der Waals surface area contributed by atoms with Crippen LogP contribution in [0.15, 0.2) is 0 Å².